The van der Waals surface area contributed by atoms with Gasteiger partial charge in [0.2, 0.25) is 0 Å². The third-order valence-electron chi connectivity index (χ3n) is 3.09. The van der Waals surface area contributed by atoms with E-state index in [2.05, 4.69) is 15.8 Å². The van der Waals surface area contributed by atoms with Gasteiger partial charge in [-0.3, -0.25) is 0 Å². The van der Waals surface area contributed by atoms with E-state index >= 15 is 0 Å². The smallest absolute Gasteiger partial charge is 0.126 e. The summed E-state index contributed by atoms with van der Waals surface area (Å²) >= 11 is 1.81. The first-order valence-corrected chi connectivity index (χ1v) is 7.31. The summed E-state index contributed by atoms with van der Waals surface area (Å²) in [6.07, 6.45) is 3.03. The largest absolute Gasteiger partial charge is 0.497 e. The molecule has 0 aliphatic rings. The van der Waals surface area contributed by atoms with Gasteiger partial charge >= 0.3 is 0 Å². The third-order valence-corrected chi connectivity index (χ3v) is 3.73. The number of aryl methyl sites for hydroxylation is 1. The number of nitrogens with two attached hydrogens (primary N) is 1. The summed E-state index contributed by atoms with van der Waals surface area (Å²) in [6.45, 7) is 0. The lowest BCUT2D eigenvalue weighted by Crippen LogP contribution is -2.16. The van der Waals surface area contributed by atoms with Crippen LogP contribution in [0.2, 0.25) is 0 Å². The molecule has 0 amide bonds. The van der Waals surface area contributed by atoms with Crippen molar-refractivity contribution in [3.05, 3.63) is 24.0 Å². The van der Waals surface area contributed by atoms with Crippen molar-refractivity contribution in [1.29, 1.82) is 0 Å². The normalized spacial score (nSPS) is 12.9. The molecule has 2 N–H and O–H groups in total. The van der Waals surface area contributed by atoms with Crippen LogP contribution in [0.15, 0.2) is 18.2 Å². The van der Waals surface area contributed by atoms with E-state index in [4.69, 9.17) is 10.5 Å². The average molecular weight is 265 g/mol. The Bertz CT molecular complexity index is 538. The Hall–Kier alpha value is -1.20. The minimum atomic E-state index is -0.0131. The van der Waals surface area contributed by atoms with Gasteiger partial charge in [-0.2, -0.15) is 11.8 Å². The number of imidazole rings is 1. The number of ether oxygens (including phenoxy) is 1. The maximum Gasteiger partial charge on any atom is 0.126 e. The van der Waals surface area contributed by atoms with Crippen LogP contribution in [-0.4, -0.2) is 28.7 Å². The topological polar surface area (TPSA) is 53.1 Å². The monoisotopic (exact) mass is 265 g/mol. The second-order valence-electron chi connectivity index (χ2n) is 4.27. The van der Waals surface area contributed by atoms with E-state index in [0.717, 1.165) is 34.8 Å². The van der Waals surface area contributed by atoms with Gasteiger partial charge in [-0.25, -0.2) is 4.98 Å². The standard InChI is InChI=1S/C13H19N3OS/c1-16-12-5-4-9(17-2)8-11(12)15-13(16)10(14)6-7-18-3/h4-5,8,10H,6-7,14H2,1-3H3. The molecule has 98 valence electrons. The number of thioether (sulfide) groups is 1. The number of rotatable bonds is 5. The van der Waals surface area contributed by atoms with E-state index in [1.807, 2.05) is 25.2 Å². The molecule has 1 unspecified atom stereocenters. The molecule has 18 heavy (non-hydrogen) atoms. The number of methoxy groups -OCH3 is 1. The highest BCUT2D eigenvalue weighted by Gasteiger charge is 2.14. The van der Waals surface area contributed by atoms with Crippen LogP contribution in [0.1, 0.15) is 18.3 Å². The maximum atomic E-state index is 6.19. The van der Waals surface area contributed by atoms with Crippen LogP contribution in [0.5, 0.6) is 5.75 Å². The van der Waals surface area contributed by atoms with E-state index in [-0.39, 0.29) is 6.04 Å². The van der Waals surface area contributed by atoms with Crippen LogP contribution in [0.4, 0.5) is 0 Å². The van der Waals surface area contributed by atoms with Crippen LogP contribution in [-0.2, 0) is 7.05 Å². The zero-order valence-corrected chi connectivity index (χ0v) is 11.8. The molecule has 4 nitrogen and oxygen atoms in total. The van der Waals surface area contributed by atoms with Gasteiger partial charge in [0.25, 0.3) is 0 Å². The van der Waals surface area contributed by atoms with Crippen molar-refractivity contribution in [2.45, 2.75) is 12.5 Å². The Morgan fingerprint density at radius 1 is 1.50 bits per heavy atom. The van der Waals surface area contributed by atoms with Crippen molar-refractivity contribution in [3.8, 4) is 5.75 Å². The molecule has 2 aromatic rings. The lowest BCUT2D eigenvalue weighted by molar-refractivity contribution is 0.415. The highest BCUT2D eigenvalue weighted by molar-refractivity contribution is 7.98. The van der Waals surface area contributed by atoms with Crippen LogP contribution in [0.3, 0.4) is 0 Å². The molecule has 0 saturated carbocycles. The molecule has 0 aliphatic heterocycles. The summed E-state index contributed by atoms with van der Waals surface area (Å²) in [7, 11) is 3.67. The Labute approximate surface area is 112 Å². The van der Waals surface area contributed by atoms with Gasteiger partial charge in [-0.1, -0.05) is 0 Å². The fourth-order valence-corrected chi connectivity index (χ4v) is 2.52. The summed E-state index contributed by atoms with van der Waals surface area (Å²) in [5, 5.41) is 0. The molecular weight excluding hydrogens is 246 g/mol. The molecule has 0 aliphatic carbocycles. The molecule has 1 aromatic heterocycles. The summed E-state index contributed by atoms with van der Waals surface area (Å²) in [4.78, 5) is 4.62. The van der Waals surface area contributed by atoms with Gasteiger partial charge in [0, 0.05) is 13.1 Å². The Kier molecular flexibility index (Phi) is 4.14. The Balaban J connectivity index is 2.37. The molecule has 0 saturated heterocycles. The van der Waals surface area contributed by atoms with Crippen molar-refractivity contribution in [3.63, 3.8) is 0 Å². The van der Waals surface area contributed by atoms with Gasteiger partial charge in [0.05, 0.1) is 24.2 Å². The van der Waals surface area contributed by atoms with Gasteiger partial charge in [0.15, 0.2) is 0 Å². The number of nitrogens with zero attached hydrogens (tertiary/aromatic N) is 2. The van der Waals surface area contributed by atoms with Crippen molar-refractivity contribution in [2.24, 2.45) is 12.8 Å². The van der Waals surface area contributed by atoms with Crippen molar-refractivity contribution < 1.29 is 4.74 Å². The molecule has 0 spiro atoms. The van der Waals surface area contributed by atoms with Crippen molar-refractivity contribution in [1.82, 2.24) is 9.55 Å². The van der Waals surface area contributed by atoms with Gasteiger partial charge in [-0.05, 0) is 30.6 Å². The van der Waals surface area contributed by atoms with Crippen LogP contribution in [0, 0.1) is 0 Å². The molecule has 1 aromatic carbocycles. The quantitative estimate of drug-likeness (QED) is 0.901. The predicted octanol–water partition coefficient (Wildman–Crippen LogP) is 2.33. The highest BCUT2D eigenvalue weighted by Crippen LogP contribution is 2.24. The van der Waals surface area contributed by atoms with Gasteiger partial charge < -0.3 is 15.0 Å². The zero-order chi connectivity index (χ0) is 13.1. The van der Waals surface area contributed by atoms with Crippen molar-refractivity contribution >= 4 is 22.8 Å². The van der Waals surface area contributed by atoms with E-state index in [9.17, 15) is 0 Å². The maximum absolute atomic E-state index is 6.19. The first kappa shape index (κ1) is 13.2. The van der Waals surface area contributed by atoms with Crippen molar-refractivity contribution in [2.75, 3.05) is 19.1 Å². The van der Waals surface area contributed by atoms with Crippen LogP contribution >= 0.6 is 11.8 Å². The lowest BCUT2D eigenvalue weighted by Gasteiger charge is -2.10. The minimum absolute atomic E-state index is 0.0131. The number of hydrogen-bond donors (Lipinski definition) is 1. The number of fused-ring (bicyclic) bond motifs is 1. The fraction of sp³-hybridized carbons (Fsp3) is 0.462. The second kappa shape index (κ2) is 5.63. The molecule has 1 heterocycles. The highest BCUT2D eigenvalue weighted by atomic mass is 32.2. The second-order valence-corrected chi connectivity index (χ2v) is 5.26. The fourth-order valence-electron chi connectivity index (χ4n) is 2.03. The van der Waals surface area contributed by atoms with Crippen LogP contribution in [0.25, 0.3) is 11.0 Å². The van der Waals surface area contributed by atoms with Gasteiger partial charge in [-0.15, -0.1) is 0 Å². The molecule has 0 radical (unpaired) electrons. The molecule has 0 bridgehead atoms. The lowest BCUT2D eigenvalue weighted by atomic mass is 10.2. The third kappa shape index (κ3) is 2.47. The first-order valence-electron chi connectivity index (χ1n) is 5.92. The SMILES string of the molecule is COc1ccc2c(c1)nc(C(N)CCSC)n2C. The Morgan fingerprint density at radius 2 is 2.28 bits per heavy atom. The molecule has 0 fully saturated rings. The predicted molar refractivity (Wildman–Crippen MR) is 77.2 cm³/mol. The summed E-state index contributed by atoms with van der Waals surface area (Å²) in [5.41, 5.74) is 8.21. The summed E-state index contributed by atoms with van der Waals surface area (Å²) in [6, 6.07) is 5.90. The number of hydrogen-bond acceptors (Lipinski definition) is 4. The van der Waals surface area contributed by atoms with E-state index in [1.165, 1.54) is 0 Å². The van der Waals surface area contributed by atoms with E-state index in [1.54, 1.807) is 18.9 Å². The first-order chi connectivity index (χ1) is 8.67. The zero-order valence-electron chi connectivity index (χ0n) is 11.0. The summed E-state index contributed by atoms with van der Waals surface area (Å²) < 4.78 is 7.28. The number of benzene rings is 1. The Morgan fingerprint density at radius 3 is 2.94 bits per heavy atom. The van der Waals surface area contributed by atoms with Crippen LogP contribution < -0.4 is 10.5 Å². The molecule has 5 heteroatoms. The van der Waals surface area contributed by atoms with E-state index < -0.39 is 0 Å². The average Bonchev–Trinajstić information content (AvgIpc) is 2.72. The molecule has 1 atom stereocenters. The molecule has 2 rings (SSSR count). The van der Waals surface area contributed by atoms with E-state index in [0.29, 0.717) is 0 Å². The minimum Gasteiger partial charge on any atom is -0.497 e. The summed E-state index contributed by atoms with van der Waals surface area (Å²) in [5.74, 6) is 2.81. The number of aromatic nitrogens is 2. The molecular formula is C13H19N3OS. The van der Waals surface area contributed by atoms with Gasteiger partial charge in [0.1, 0.15) is 11.6 Å².